The molecule has 2 heterocycles. The molecule has 0 aliphatic carbocycles. The van der Waals surface area contributed by atoms with Gasteiger partial charge in [0, 0.05) is 24.0 Å². The van der Waals surface area contributed by atoms with E-state index < -0.39 is 28.5 Å². The fourth-order valence-corrected chi connectivity index (χ4v) is 5.88. The monoisotopic (exact) mass is 515 g/mol. The number of carbonyl (C=O) groups is 2. The van der Waals surface area contributed by atoms with E-state index in [0.29, 0.717) is 23.9 Å². The van der Waals surface area contributed by atoms with E-state index in [-0.39, 0.29) is 23.5 Å². The van der Waals surface area contributed by atoms with Crippen molar-refractivity contribution < 1.29 is 27.5 Å². The van der Waals surface area contributed by atoms with E-state index in [0.717, 1.165) is 16.8 Å². The smallest absolute Gasteiger partial charge is 0.338 e. The minimum absolute atomic E-state index is 0.0322. The van der Waals surface area contributed by atoms with E-state index in [1.165, 1.54) is 27.8 Å². The Hall–Kier alpha value is -3.12. The van der Waals surface area contributed by atoms with Crippen LogP contribution in [0.5, 0.6) is 0 Å². The van der Waals surface area contributed by atoms with Crippen LogP contribution in [0.2, 0.25) is 0 Å². The van der Waals surface area contributed by atoms with E-state index in [1.807, 2.05) is 36.6 Å². The van der Waals surface area contributed by atoms with Gasteiger partial charge in [-0.1, -0.05) is 35.9 Å². The van der Waals surface area contributed by atoms with Crippen LogP contribution in [-0.2, 0) is 24.3 Å². The van der Waals surface area contributed by atoms with Crippen LogP contribution in [0.1, 0.15) is 21.5 Å². The number of morpholine rings is 1. The lowest BCUT2D eigenvalue weighted by atomic mass is 10.1. The molecule has 11 heteroatoms. The number of aromatic nitrogens is 1. The second-order valence-electron chi connectivity index (χ2n) is 8.02. The lowest BCUT2D eigenvalue weighted by Crippen LogP contribution is -2.40. The van der Waals surface area contributed by atoms with Gasteiger partial charge in [-0.15, -0.1) is 11.3 Å². The number of aryl methyl sites for hydroxylation is 2. The Morgan fingerprint density at radius 1 is 1.11 bits per heavy atom. The number of carbonyl (C=O) groups excluding carboxylic acids is 2. The number of ether oxygens (including phenoxy) is 2. The summed E-state index contributed by atoms with van der Waals surface area (Å²) in [6.07, 6.45) is 0. The van der Waals surface area contributed by atoms with Crippen LogP contribution >= 0.6 is 11.3 Å². The quantitative estimate of drug-likeness (QED) is 0.481. The molecule has 9 nitrogen and oxygen atoms in total. The predicted octanol–water partition coefficient (Wildman–Crippen LogP) is 3.24. The van der Waals surface area contributed by atoms with Gasteiger partial charge in [0.2, 0.25) is 10.0 Å². The number of nitrogens with one attached hydrogen (secondary N) is 1. The number of esters is 1. The number of nitrogens with zero attached hydrogens (tertiary/aromatic N) is 2. The Balaban J connectivity index is 1.37. The van der Waals surface area contributed by atoms with Gasteiger partial charge in [-0.3, -0.25) is 10.1 Å². The van der Waals surface area contributed by atoms with Crippen molar-refractivity contribution in [1.82, 2.24) is 9.29 Å². The van der Waals surface area contributed by atoms with Crippen LogP contribution < -0.4 is 5.32 Å². The Morgan fingerprint density at radius 3 is 2.54 bits per heavy atom. The highest BCUT2D eigenvalue weighted by Gasteiger charge is 2.28. The molecular formula is C24H25N3O6S2. The molecule has 1 aliphatic rings. The van der Waals surface area contributed by atoms with Gasteiger partial charge < -0.3 is 9.47 Å². The van der Waals surface area contributed by atoms with Crippen molar-refractivity contribution in [3.63, 3.8) is 0 Å². The van der Waals surface area contributed by atoms with Crippen molar-refractivity contribution >= 4 is 38.4 Å². The fourth-order valence-electron chi connectivity index (χ4n) is 3.49. The minimum Gasteiger partial charge on any atom is -0.452 e. The van der Waals surface area contributed by atoms with Gasteiger partial charge in [0.25, 0.3) is 5.91 Å². The van der Waals surface area contributed by atoms with Crippen molar-refractivity contribution in [2.75, 3.05) is 38.2 Å². The topological polar surface area (TPSA) is 115 Å². The third-order valence-corrected chi connectivity index (χ3v) is 8.24. The first-order chi connectivity index (χ1) is 16.7. The molecule has 0 spiro atoms. The highest BCUT2D eigenvalue weighted by atomic mass is 32.2. The Kier molecular flexibility index (Phi) is 7.60. The van der Waals surface area contributed by atoms with Gasteiger partial charge in [-0.2, -0.15) is 4.31 Å². The van der Waals surface area contributed by atoms with Gasteiger partial charge in [0.1, 0.15) is 0 Å². The van der Waals surface area contributed by atoms with Crippen LogP contribution in [0.25, 0.3) is 11.3 Å². The lowest BCUT2D eigenvalue weighted by Gasteiger charge is -2.26. The zero-order valence-corrected chi connectivity index (χ0v) is 20.9. The maximum absolute atomic E-state index is 13.0. The molecular weight excluding hydrogens is 490 g/mol. The van der Waals surface area contributed by atoms with E-state index in [9.17, 15) is 18.0 Å². The minimum atomic E-state index is -3.78. The summed E-state index contributed by atoms with van der Waals surface area (Å²) < 4.78 is 37.7. The zero-order chi connectivity index (χ0) is 25.0. The van der Waals surface area contributed by atoms with Crippen LogP contribution in [0.3, 0.4) is 0 Å². The molecule has 184 valence electrons. The molecule has 1 N–H and O–H groups in total. The number of amides is 1. The Morgan fingerprint density at radius 2 is 1.83 bits per heavy atom. The van der Waals surface area contributed by atoms with E-state index >= 15 is 0 Å². The molecule has 1 aliphatic heterocycles. The summed E-state index contributed by atoms with van der Waals surface area (Å²) in [5, 5.41) is 4.83. The number of sulfonamides is 1. The van der Waals surface area contributed by atoms with Crippen LogP contribution in [0, 0.1) is 13.8 Å². The highest BCUT2D eigenvalue weighted by Crippen LogP contribution is 2.25. The van der Waals surface area contributed by atoms with E-state index in [1.54, 1.807) is 13.0 Å². The summed E-state index contributed by atoms with van der Waals surface area (Å²) in [5.41, 5.74) is 3.36. The average molecular weight is 516 g/mol. The molecule has 3 aromatic rings. The van der Waals surface area contributed by atoms with Crippen molar-refractivity contribution in [2.24, 2.45) is 0 Å². The lowest BCUT2D eigenvalue weighted by molar-refractivity contribution is -0.119. The summed E-state index contributed by atoms with van der Waals surface area (Å²) >= 11 is 1.26. The Labute approximate surface area is 207 Å². The number of benzene rings is 2. The molecule has 35 heavy (non-hydrogen) atoms. The molecule has 0 saturated carbocycles. The number of thiazole rings is 1. The number of rotatable bonds is 7. The average Bonchev–Trinajstić information content (AvgIpc) is 3.32. The highest BCUT2D eigenvalue weighted by molar-refractivity contribution is 7.89. The van der Waals surface area contributed by atoms with Crippen molar-refractivity contribution in [2.45, 2.75) is 18.7 Å². The predicted molar refractivity (Wildman–Crippen MR) is 132 cm³/mol. The summed E-state index contributed by atoms with van der Waals surface area (Å²) in [6, 6.07) is 12.2. The van der Waals surface area contributed by atoms with Crippen molar-refractivity contribution in [3.8, 4) is 11.3 Å². The van der Waals surface area contributed by atoms with Crippen LogP contribution in [-0.4, -0.2) is 62.5 Å². The standard InChI is InChI=1S/C24H25N3O6S2/c1-16-3-6-18(7-4-16)20-15-34-24(25-20)26-22(28)14-33-23(29)19-8-5-17(2)21(13-19)35(30,31)27-9-11-32-12-10-27/h3-8,13,15H,9-12,14H2,1-2H3,(H,25,26,28). The summed E-state index contributed by atoms with van der Waals surface area (Å²) in [4.78, 5) is 29.3. The van der Waals surface area contributed by atoms with Gasteiger partial charge in [0.15, 0.2) is 11.7 Å². The second-order valence-corrected chi connectivity index (χ2v) is 10.8. The van der Waals surface area contributed by atoms with Crippen molar-refractivity contribution in [3.05, 3.63) is 64.5 Å². The summed E-state index contributed by atoms with van der Waals surface area (Å²) in [6.45, 7) is 4.27. The van der Waals surface area contributed by atoms with Crippen LogP contribution in [0.15, 0.2) is 52.7 Å². The number of hydrogen-bond donors (Lipinski definition) is 1. The third kappa shape index (κ3) is 5.93. The maximum Gasteiger partial charge on any atom is 0.338 e. The molecule has 0 atom stereocenters. The largest absolute Gasteiger partial charge is 0.452 e. The molecule has 0 radical (unpaired) electrons. The molecule has 1 aromatic heterocycles. The number of hydrogen-bond acceptors (Lipinski definition) is 8. The SMILES string of the molecule is Cc1ccc(-c2csc(NC(=O)COC(=O)c3ccc(C)c(S(=O)(=O)N4CCOCC4)c3)n2)cc1. The molecule has 1 fully saturated rings. The normalized spacial score (nSPS) is 14.5. The van der Waals surface area contributed by atoms with Crippen LogP contribution in [0.4, 0.5) is 5.13 Å². The number of anilines is 1. The zero-order valence-electron chi connectivity index (χ0n) is 19.3. The van der Waals surface area contributed by atoms with Gasteiger partial charge in [0.05, 0.1) is 29.4 Å². The summed E-state index contributed by atoms with van der Waals surface area (Å²) in [7, 11) is -3.78. The molecule has 0 unspecified atom stereocenters. The molecule has 1 saturated heterocycles. The fraction of sp³-hybridized carbons (Fsp3) is 0.292. The molecule has 4 rings (SSSR count). The van der Waals surface area contributed by atoms with Gasteiger partial charge in [-0.05, 0) is 31.5 Å². The van der Waals surface area contributed by atoms with Crippen molar-refractivity contribution in [1.29, 1.82) is 0 Å². The molecule has 2 aromatic carbocycles. The second kappa shape index (κ2) is 10.6. The van der Waals surface area contributed by atoms with Gasteiger partial charge in [-0.25, -0.2) is 18.2 Å². The Bertz CT molecular complexity index is 1330. The van der Waals surface area contributed by atoms with E-state index in [4.69, 9.17) is 9.47 Å². The summed E-state index contributed by atoms with van der Waals surface area (Å²) in [5.74, 6) is -1.34. The van der Waals surface area contributed by atoms with E-state index in [2.05, 4.69) is 10.3 Å². The first-order valence-electron chi connectivity index (χ1n) is 10.9. The first kappa shape index (κ1) is 25.0. The first-order valence-corrected chi connectivity index (χ1v) is 13.2. The molecule has 0 bridgehead atoms. The maximum atomic E-state index is 13.0. The molecule has 1 amide bonds. The third-order valence-electron chi connectivity index (χ3n) is 5.44. The van der Waals surface area contributed by atoms with Gasteiger partial charge >= 0.3 is 5.97 Å².